The summed E-state index contributed by atoms with van der Waals surface area (Å²) < 4.78 is 26.4. The second-order valence-corrected chi connectivity index (χ2v) is 8.41. The Hall–Kier alpha value is -2.81. The predicted molar refractivity (Wildman–Crippen MR) is 119 cm³/mol. The molecule has 1 fully saturated rings. The molecule has 2 aliphatic rings. The van der Waals surface area contributed by atoms with Gasteiger partial charge in [-0.2, -0.15) is 0 Å². The van der Waals surface area contributed by atoms with Gasteiger partial charge in [-0.1, -0.05) is 60.7 Å². The van der Waals surface area contributed by atoms with Crippen molar-refractivity contribution in [1.82, 2.24) is 4.57 Å². The molecule has 1 N–H and O–H groups in total. The maximum absolute atomic E-state index is 11.5. The van der Waals surface area contributed by atoms with E-state index in [0.29, 0.717) is 18.9 Å². The molecular formula is C26H27NO6. The summed E-state index contributed by atoms with van der Waals surface area (Å²) in [5, 5.41) is 11.5. The minimum atomic E-state index is -1.32. The van der Waals surface area contributed by atoms with Gasteiger partial charge in [-0.15, -0.1) is 0 Å². The van der Waals surface area contributed by atoms with Crippen LogP contribution < -0.4 is 0 Å². The third-order valence-corrected chi connectivity index (χ3v) is 6.28. The van der Waals surface area contributed by atoms with Gasteiger partial charge in [-0.25, -0.2) is 0 Å². The van der Waals surface area contributed by atoms with Gasteiger partial charge in [0.1, 0.15) is 18.3 Å². The van der Waals surface area contributed by atoms with Crippen LogP contribution in [0.2, 0.25) is 0 Å². The van der Waals surface area contributed by atoms with E-state index in [0.717, 1.165) is 23.1 Å². The van der Waals surface area contributed by atoms with Crippen LogP contribution in [0.5, 0.6) is 0 Å². The Morgan fingerprint density at radius 1 is 0.939 bits per heavy atom. The average molecular weight is 450 g/mol. The van der Waals surface area contributed by atoms with Crippen molar-refractivity contribution in [2.45, 2.75) is 50.5 Å². The van der Waals surface area contributed by atoms with Gasteiger partial charge in [-0.05, 0) is 23.3 Å². The molecule has 7 nitrogen and oxygen atoms in total. The topological polar surface area (TPSA) is 79.2 Å². The Morgan fingerprint density at radius 2 is 1.61 bits per heavy atom. The first-order chi connectivity index (χ1) is 16.2. The summed E-state index contributed by atoms with van der Waals surface area (Å²) in [6.45, 7) is 1.30. The van der Waals surface area contributed by atoms with E-state index >= 15 is 0 Å². The van der Waals surface area contributed by atoms with Crippen molar-refractivity contribution in [3.63, 3.8) is 0 Å². The number of ether oxygens (including phenoxy) is 4. The number of rotatable bonds is 7. The van der Waals surface area contributed by atoms with Crippen LogP contribution in [0, 0.1) is 0 Å². The molecule has 0 unspecified atom stereocenters. The molecule has 1 saturated heterocycles. The Kier molecular flexibility index (Phi) is 6.39. The Labute approximate surface area is 192 Å². The smallest absolute Gasteiger partial charge is 0.216 e. The number of hydrogen-bond donors (Lipinski definition) is 1. The normalized spacial score (nSPS) is 26.8. The van der Waals surface area contributed by atoms with Crippen LogP contribution in [-0.4, -0.2) is 46.7 Å². The molecule has 1 aromatic heterocycles. The number of fused-ring (bicyclic) bond motifs is 1. The second-order valence-electron chi connectivity index (χ2n) is 8.41. The zero-order valence-electron chi connectivity index (χ0n) is 18.2. The summed E-state index contributed by atoms with van der Waals surface area (Å²) in [5.41, 5.74) is 3.40. The lowest BCUT2D eigenvalue weighted by Crippen LogP contribution is -2.65. The average Bonchev–Trinajstić information content (AvgIpc) is 3.27. The molecule has 3 heterocycles. The highest BCUT2D eigenvalue weighted by Crippen LogP contribution is 2.37. The summed E-state index contributed by atoms with van der Waals surface area (Å²) in [4.78, 5) is 11.5. The monoisotopic (exact) mass is 449 g/mol. The SMILES string of the molecule is O=Cc1ccc2n1C[C@@]1(OC2)OC[C@@H](OCc2ccccc2)[C@@H](OCc2ccccc2)[C@@H]1O. The number of benzene rings is 2. The molecule has 7 heteroatoms. The van der Waals surface area contributed by atoms with E-state index in [1.165, 1.54) is 0 Å². The van der Waals surface area contributed by atoms with Crippen LogP contribution >= 0.6 is 0 Å². The van der Waals surface area contributed by atoms with Gasteiger partial charge in [0.15, 0.2) is 6.29 Å². The predicted octanol–water partition coefficient (Wildman–Crippen LogP) is 3.09. The molecule has 0 amide bonds. The van der Waals surface area contributed by atoms with Gasteiger partial charge < -0.3 is 28.6 Å². The largest absolute Gasteiger partial charge is 0.385 e. The first kappa shape index (κ1) is 22.0. The minimum absolute atomic E-state index is 0.191. The zero-order chi connectivity index (χ0) is 22.7. The highest BCUT2D eigenvalue weighted by molar-refractivity contribution is 5.72. The highest BCUT2D eigenvalue weighted by Gasteiger charge is 2.54. The molecule has 2 aliphatic heterocycles. The summed E-state index contributed by atoms with van der Waals surface area (Å²) in [6, 6.07) is 23.2. The fraction of sp³-hybridized carbons (Fsp3) is 0.346. The van der Waals surface area contributed by atoms with Crippen molar-refractivity contribution < 1.29 is 28.8 Å². The number of aldehydes is 1. The van der Waals surface area contributed by atoms with E-state index in [2.05, 4.69) is 0 Å². The zero-order valence-corrected chi connectivity index (χ0v) is 18.2. The van der Waals surface area contributed by atoms with Gasteiger partial charge in [0, 0.05) is 5.69 Å². The van der Waals surface area contributed by atoms with Crippen LogP contribution in [0.15, 0.2) is 72.8 Å². The van der Waals surface area contributed by atoms with Crippen molar-refractivity contribution in [3.8, 4) is 0 Å². The number of carbonyl (C=O) groups excluding carboxylic acids is 1. The van der Waals surface area contributed by atoms with Gasteiger partial charge >= 0.3 is 0 Å². The molecule has 33 heavy (non-hydrogen) atoms. The Morgan fingerprint density at radius 3 is 2.27 bits per heavy atom. The number of aliphatic hydroxyl groups is 1. The van der Waals surface area contributed by atoms with Crippen LogP contribution in [0.1, 0.15) is 27.3 Å². The highest BCUT2D eigenvalue weighted by atomic mass is 16.7. The summed E-state index contributed by atoms with van der Waals surface area (Å²) in [6.07, 6.45) is -1.49. The summed E-state index contributed by atoms with van der Waals surface area (Å²) >= 11 is 0. The number of aliphatic hydroxyl groups excluding tert-OH is 1. The Bertz CT molecular complexity index is 1070. The van der Waals surface area contributed by atoms with Crippen molar-refractivity contribution in [3.05, 3.63) is 95.3 Å². The molecule has 4 atom stereocenters. The lowest BCUT2D eigenvalue weighted by Gasteiger charge is -2.49. The van der Waals surface area contributed by atoms with E-state index < -0.39 is 24.1 Å². The maximum Gasteiger partial charge on any atom is 0.216 e. The van der Waals surface area contributed by atoms with Crippen molar-refractivity contribution in [2.75, 3.05) is 6.61 Å². The van der Waals surface area contributed by atoms with Gasteiger partial charge in [0.25, 0.3) is 0 Å². The maximum atomic E-state index is 11.5. The first-order valence-electron chi connectivity index (χ1n) is 11.1. The molecule has 1 spiro atoms. The van der Waals surface area contributed by atoms with Crippen molar-refractivity contribution >= 4 is 6.29 Å². The van der Waals surface area contributed by atoms with E-state index in [9.17, 15) is 9.90 Å². The Balaban J connectivity index is 1.36. The third-order valence-electron chi connectivity index (χ3n) is 6.28. The van der Waals surface area contributed by atoms with Crippen LogP contribution in [0.4, 0.5) is 0 Å². The summed E-state index contributed by atoms with van der Waals surface area (Å²) in [7, 11) is 0. The van der Waals surface area contributed by atoms with Crippen molar-refractivity contribution in [1.29, 1.82) is 0 Å². The fourth-order valence-electron chi connectivity index (χ4n) is 4.42. The van der Waals surface area contributed by atoms with Crippen LogP contribution in [0.25, 0.3) is 0 Å². The minimum Gasteiger partial charge on any atom is -0.385 e. The molecule has 3 aromatic rings. The van der Waals surface area contributed by atoms with Crippen LogP contribution in [0.3, 0.4) is 0 Å². The number of aromatic nitrogens is 1. The fourth-order valence-corrected chi connectivity index (χ4v) is 4.42. The lowest BCUT2D eigenvalue weighted by molar-refractivity contribution is -0.363. The van der Waals surface area contributed by atoms with Gasteiger partial charge in [0.2, 0.25) is 5.79 Å². The molecule has 0 bridgehead atoms. The van der Waals surface area contributed by atoms with Gasteiger partial charge in [0.05, 0.1) is 38.7 Å². The number of nitrogens with zero attached hydrogens (tertiary/aromatic N) is 1. The van der Waals surface area contributed by atoms with E-state index in [-0.39, 0.29) is 19.8 Å². The van der Waals surface area contributed by atoms with E-state index in [1.807, 2.05) is 71.3 Å². The first-order valence-corrected chi connectivity index (χ1v) is 11.1. The quantitative estimate of drug-likeness (QED) is 0.559. The van der Waals surface area contributed by atoms with E-state index in [1.54, 1.807) is 6.07 Å². The van der Waals surface area contributed by atoms with Gasteiger partial charge in [-0.3, -0.25) is 4.79 Å². The molecule has 0 radical (unpaired) electrons. The second kappa shape index (κ2) is 9.59. The van der Waals surface area contributed by atoms with Crippen LogP contribution in [-0.2, 0) is 45.3 Å². The van der Waals surface area contributed by atoms with E-state index in [4.69, 9.17) is 18.9 Å². The lowest BCUT2D eigenvalue weighted by atomic mass is 9.95. The molecule has 0 saturated carbocycles. The molecular weight excluding hydrogens is 422 g/mol. The number of hydrogen-bond acceptors (Lipinski definition) is 6. The standard InChI is InChI=1S/C26H27NO6/c28-13-21-11-12-22-16-32-26(18-27(21)22)25(29)24(31-15-20-9-5-2-6-10-20)23(17-33-26)30-14-19-7-3-1-4-8-19/h1-13,23-25,29H,14-18H2/t23-,24-,25+,26-/m1/s1. The summed E-state index contributed by atoms with van der Waals surface area (Å²) in [5.74, 6) is -1.32. The molecule has 0 aliphatic carbocycles. The molecule has 172 valence electrons. The third kappa shape index (κ3) is 4.51. The number of carbonyl (C=O) groups is 1. The van der Waals surface area contributed by atoms with Crippen molar-refractivity contribution in [2.24, 2.45) is 0 Å². The molecule has 2 aromatic carbocycles. The molecule has 5 rings (SSSR count).